The van der Waals surface area contributed by atoms with E-state index in [1.54, 1.807) is 14.2 Å². The Morgan fingerprint density at radius 2 is 0.964 bits per heavy atom. The van der Waals surface area contributed by atoms with Crippen molar-refractivity contribution in [1.29, 1.82) is 0 Å². The number of rotatable bonds is 9. The van der Waals surface area contributed by atoms with Crippen LogP contribution in [0.2, 0.25) is 0 Å². The summed E-state index contributed by atoms with van der Waals surface area (Å²) >= 11 is 0. The van der Waals surface area contributed by atoms with E-state index < -0.39 is 11.6 Å². The zero-order valence-electron chi connectivity index (χ0n) is 16.8. The van der Waals surface area contributed by atoms with Crippen LogP contribution in [-0.2, 0) is 19.8 Å². The van der Waals surface area contributed by atoms with Crippen molar-refractivity contribution in [3.05, 3.63) is 108 Å². The summed E-state index contributed by atoms with van der Waals surface area (Å²) < 4.78 is 18.5. The molecule has 3 heteroatoms. The Bertz CT molecular complexity index is 731. The van der Waals surface area contributed by atoms with Crippen LogP contribution in [0.3, 0.4) is 0 Å². The molecular weight excluding hydrogens is 348 g/mol. The van der Waals surface area contributed by atoms with Crippen LogP contribution in [0.1, 0.15) is 36.5 Å². The van der Waals surface area contributed by atoms with Crippen LogP contribution in [0.25, 0.3) is 0 Å². The van der Waals surface area contributed by atoms with Gasteiger partial charge >= 0.3 is 0 Å². The van der Waals surface area contributed by atoms with E-state index >= 15 is 0 Å². The van der Waals surface area contributed by atoms with Gasteiger partial charge in [-0.1, -0.05) is 97.9 Å². The molecule has 3 rings (SSSR count). The van der Waals surface area contributed by atoms with Crippen LogP contribution >= 0.6 is 0 Å². The van der Waals surface area contributed by atoms with Crippen molar-refractivity contribution in [1.82, 2.24) is 0 Å². The highest BCUT2D eigenvalue weighted by atomic mass is 16.9. The molecule has 0 fully saturated rings. The molecule has 0 radical (unpaired) electrons. The fourth-order valence-electron chi connectivity index (χ4n) is 3.66. The topological polar surface area (TPSA) is 27.7 Å². The first kappa shape index (κ1) is 20.3. The van der Waals surface area contributed by atoms with Gasteiger partial charge in [0.15, 0.2) is 0 Å². The van der Waals surface area contributed by atoms with Crippen LogP contribution in [0, 0.1) is 0 Å². The average molecular weight is 376 g/mol. The lowest BCUT2D eigenvalue weighted by atomic mass is 9.80. The number of benzene rings is 3. The Balaban J connectivity index is 2.31. The SMILES string of the molecule is CCCC(OC)(OC)OC(c1ccccc1)(c1ccccc1)c1ccccc1. The van der Waals surface area contributed by atoms with Gasteiger partial charge in [0.25, 0.3) is 5.97 Å². The Morgan fingerprint density at radius 1 is 0.607 bits per heavy atom. The van der Waals surface area contributed by atoms with Gasteiger partial charge in [-0.2, -0.15) is 0 Å². The minimum atomic E-state index is -1.17. The van der Waals surface area contributed by atoms with Crippen LogP contribution in [0.15, 0.2) is 91.0 Å². The van der Waals surface area contributed by atoms with Crippen LogP contribution < -0.4 is 0 Å². The lowest BCUT2D eigenvalue weighted by Crippen LogP contribution is -2.47. The van der Waals surface area contributed by atoms with Gasteiger partial charge in [0.05, 0.1) is 0 Å². The standard InChI is InChI=1S/C25H28O3/c1-4-20-24(26-2,27-3)28-25(21-14-8-5-9-15-21,22-16-10-6-11-17-22)23-18-12-7-13-19-23/h5-19H,4,20H2,1-3H3. The second-order valence-electron chi connectivity index (χ2n) is 6.72. The number of hydrogen-bond donors (Lipinski definition) is 0. The summed E-state index contributed by atoms with van der Waals surface area (Å²) in [5.41, 5.74) is 2.16. The minimum absolute atomic E-state index is 0.605. The fraction of sp³-hybridized carbons (Fsp3) is 0.280. The van der Waals surface area contributed by atoms with E-state index in [1.807, 2.05) is 54.6 Å². The number of methoxy groups -OCH3 is 2. The molecule has 0 unspecified atom stereocenters. The van der Waals surface area contributed by atoms with Crippen LogP contribution in [0.4, 0.5) is 0 Å². The summed E-state index contributed by atoms with van der Waals surface area (Å²) in [7, 11) is 3.26. The van der Waals surface area contributed by atoms with E-state index in [4.69, 9.17) is 14.2 Å². The molecule has 0 aliphatic carbocycles. The van der Waals surface area contributed by atoms with Gasteiger partial charge in [0.2, 0.25) is 0 Å². The molecule has 0 aromatic heterocycles. The van der Waals surface area contributed by atoms with E-state index in [9.17, 15) is 0 Å². The van der Waals surface area contributed by atoms with E-state index in [-0.39, 0.29) is 0 Å². The zero-order chi connectivity index (χ0) is 19.9. The summed E-state index contributed by atoms with van der Waals surface area (Å²) in [5.74, 6) is -1.17. The van der Waals surface area contributed by atoms with Gasteiger partial charge in [0.1, 0.15) is 5.60 Å². The third-order valence-corrected chi connectivity index (χ3v) is 5.03. The molecule has 146 valence electrons. The second kappa shape index (κ2) is 9.16. The molecule has 28 heavy (non-hydrogen) atoms. The molecule has 3 nitrogen and oxygen atoms in total. The van der Waals surface area contributed by atoms with Gasteiger partial charge in [-0.15, -0.1) is 0 Å². The zero-order valence-corrected chi connectivity index (χ0v) is 16.8. The number of ether oxygens (including phenoxy) is 3. The van der Waals surface area contributed by atoms with Gasteiger partial charge in [-0.05, 0) is 23.1 Å². The van der Waals surface area contributed by atoms with Gasteiger partial charge in [-0.25, -0.2) is 0 Å². The van der Waals surface area contributed by atoms with Crippen molar-refractivity contribution < 1.29 is 14.2 Å². The molecule has 0 N–H and O–H groups in total. The monoisotopic (exact) mass is 376 g/mol. The van der Waals surface area contributed by atoms with E-state index in [0.29, 0.717) is 6.42 Å². The Hall–Kier alpha value is -2.46. The lowest BCUT2D eigenvalue weighted by Gasteiger charge is -2.43. The largest absolute Gasteiger partial charge is 0.331 e. The van der Waals surface area contributed by atoms with Crippen LogP contribution in [-0.4, -0.2) is 20.2 Å². The summed E-state index contributed by atoms with van der Waals surface area (Å²) in [6.45, 7) is 2.09. The fourth-order valence-corrected chi connectivity index (χ4v) is 3.66. The molecule has 0 aliphatic rings. The smallest absolute Gasteiger partial charge is 0.283 e. The predicted octanol–water partition coefficient (Wildman–Crippen LogP) is 5.74. The summed E-state index contributed by atoms with van der Waals surface area (Å²) in [5, 5.41) is 0. The molecule has 0 bridgehead atoms. The summed E-state index contributed by atoms with van der Waals surface area (Å²) in [6, 6.07) is 30.7. The lowest BCUT2D eigenvalue weighted by molar-refractivity contribution is -0.390. The third-order valence-electron chi connectivity index (χ3n) is 5.03. The normalized spacial score (nSPS) is 12.1. The average Bonchev–Trinajstić information content (AvgIpc) is 2.79. The van der Waals surface area contributed by atoms with Crippen molar-refractivity contribution in [2.75, 3.05) is 14.2 Å². The summed E-state index contributed by atoms with van der Waals surface area (Å²) in [6.07, 6.45) is 1.46. The molecular formula is C25H28O3. The highest BCUT2D eigenvalue weighted by Crippen LogP contribution is 2.44. The molecule has 0 heterocycles. The minimum Gasteiger partial charge on any atom is -0.331 e. The first-order valence-corrected chi connectivity index (χ1v) is 9.68. The van der Waals surface area contributed by atoms with Gasteiger partial charge in [-0.3, -0.25) is 0 Å². The molecule has 3 aromatic carbocycles. The Kier molecular flexibility index (Phi) is 6.63. The van der Waals surface area contributed by atoms with Crippen LogP contribution in [0.5, 0.6) is 0 Å². The summed E-state index contributed by atoms with van der Waals surface area (Å²) in [4.78, 5) is 0. The molecule has 3 aromatic rings. The molecule has 0 spiro atoms. The molecule has 0 atom stereocenters. The van der Waals surface area contributed by atoms with Crippen molar-refractivity contribution in [3.8, 4) is 0 Å². The van der Waals surface area contributed by atoms with Crippen molar-refractivity contribution in [2.24, 2.45) is 0 Å². The van der Waals surface area contributed by atoms with E-state index in [1.165, 1.54) is 0 Å². The Morgan fingerprint density at radius 3 is 1.25 bits per heavy atom. The van der Waals surface area contributed by atoms with Gasteiger partial charge in [0, 0.05) is 20.6 Å². The predicted molar refractivity (Wildman–Crippen MR) is 112 cm³/mol. The van der Waals surface area contributed by atoms with E-state index in [0.717, 1.165) is 23.1 Å². The van der Waals surface area contributed by atoms with Crippen molar-refractivity contribution in [2.45, 2.75) is 31.3 Å². The Labute approximate surface area is 167 Å². The molecule has 0 aliphatic heterocycles. The third kappa shape index (κ3) is 3.88. The van der Waals surface area contributed by atoms with E-state index in [2.05, 4.69) is 43.3 Å². The number of hydrogen-bond acceptors (Lipinski definition) is 3. The molecule has 0 amide bonds. The van der Waals surface area contributed by atoms with Crippen molar-refractivity contribution in [3.63, 3.8) is 0 Å². The van der Waals surface area contributed by atoms with Crippen molar-refractivity contribution >= 4 is 0 Å². The quantitative estimate of drug-likeness (QED) is 0.352. The maximum Gasteiger partial charge on any atom is 0.283 e. The maximum absolute atomic E-state index is 6.88. The first-order chi connectivity index (χ1) is 13.7. The maximum atomic E-state index is 6.88. The highest BCUT2D eigenvalue weighted by Gasteiger charge is 2.46. The highest BCUT2D eigenvalue weighted by molar-refractivity contribution is 5.47. The second-order valence-corrected chi connectivity index (χ2v) is 6.72. The molecule has 0 saturated carbocycles. The van der Waals surface area contributed by atoms with Gasteiger partial charge < -0.3 is 14.2 Å². The first-order valence-electron chi connectivity index (χ1n) is 9.68. The molecule has 0 saturated heterocycles.